The first-order chi connectivity index (χ1) is 9.88. The van der Waals surface area contributed by atoms with Crippen molar-refractivity contribution in [2.75, 3.05) is 0 Å². The van der Waals surface area contributed by atoms with Crippen molar-refractivity contribution in [2.45, 2.75) is 52.7 Å². The van der Waals surface area contributed by atoms with E-state index in [1.807, 2.05) is 6.07 Å². The lowest BCUT2D eigenvalue weighted by molar-refractivity contribution is -0.0541. The number of nitrogens with one attached hydrogen (secondary N) is 1. The lowest BCUT2D eigenvalue weighted by atomic mass is 9.70. The van der Waals surface area contributed by atoms with E-state index >= 15 is 0 Å². The Hall–Kier alpha value is -0.910. The largest absolute Gasteiger partial charge is 0.372 e. The Kier molecular flexibility index (Phi) is 3.62. The zero-order chi connectivity index (χ0) is 15.3. The van der Waals surface area contributed by atoms with Crippen molar-refractivity contribution in [1.29, 1.82) is 0 Å². The van der Waals surface area contributed by atoms with E-state index in [2.05, 4.69) is 26.2 Å². The summed E-state index contributed by atoms with van der Waals surface area (Å²) in [6.45, 7) is 7.75. The smallest absolute Gasteiger partial charge is 0.275 e. The Balaban J connectivity index is 1.64. The van der Waals surface area contributed by atoms with E-state index in [4.69, 9.17) is 10.6 Å². The second kappa shape index (κ2) is 5.07. The van der Waals surface area contributed by atoms with Gasteiger partial charge < -0.3 is 4.74 Å². The van der Waals surface area contributed by atoms with E-state index in [-0.39, 0.29) is 11.3 Å². The first kappa shape index (κ1) is 15.0. The number of carbonyl (C=O) groups excluding carboxylic acids is 1. The van der Waals surface area contributed by atoms with Crippen LogP contribution in [0.1, 0.15) is 54.6 Å². The predicted molar refractivity (Wildman–Crippen MR) is 83.8 cm³/mol. The number of thiophene rings is 1. The van der Waals surface area contributed by atoms with Crippen LogP contribution < -0.4 is 11.3 Å². The summed E-state index contributed by atoms with van der Waals surface area (Å²) in [5.74, 6) is 5.70. The summed E-state index contributed by atoms with van der Waals surface area (Å²) < 4.78 is 6.24. The van der Waals surface area contributed by atoms with Crippen LogP contribution in [0, 0.1) is 16.7 Å². The van der Waals surface area contributed by atoms with E-state index < -0.39 is 0 Å². The number of hydrogen-bond donors (Lipinski definition) is 2. The fourth-order valence-corrected chi connectivity index (χ4v) is 5.05. The Morgan fingerprint density at radius 2 is 2.24 bits per heavy atom. The molecule has 2 aliphatic rings. The molecule has 2 fully saturated rings. The predicted octanol–water partition coefficient (Wildman–Crippen LogP) is 3.08. The molecule has 2 saturated carbocycles. The van der Waals surface area contributed by atoms with Crippen molar-refractivity contribution in [2.24, 2.45) is 22.6 Å². The zero-order valence-electron chi connectivity index (χ0n) is 12.9. The first-order valence-corrected chi connectivity index (χ1v) is 8.41. The van der Waals surface area contributed by atoms with E-state index in [1.54, 1.807) is 6.07 Å². The maximum atomic E-state index is 11.5. The number of nitrogen functional groups attached to an aromatic ring is 1. The molecular formula is C16H24N2O2S. The Labute approximate surface area is 130 Å². The maximum absolute atomic E-state index is 11.5. The molecule has 3 rings (SSSR count). The van der Waals surface area contributed by atoms with Crippen molar-refractivity contribution in [1.82, 2.24) is 5.43 Å². The normalized spacial score (nSPS) is 33.3. The molecule has 1 heterocycles. The van der Waals surface area contributed by atoms with Gasteiger partial charge in [-0.3, -0.25) is 10.2 Å². The van der Waals surface area contributed by atoms with Crippen molar-refractivity contribution in [3.8, 4) is 0 Å². The van der Waals surface area contributed by atoms with Crippen LogP contribution in [-0.2, 0) is 11.3 Å². The number of amides is 1. The van der Waals surface area contributed by atoms with Gasteiger partial charge in [0, 0.05) is 4.88 Å². The van der Waals surface area contributed by atoms with Crippen LogP contribution in [-0.4, -0.2) is 12.0 Å². The average molecular weight is 308 g/mol. The van der Waals surface area contributed by atoms with Gasteiger partial charge >= 0.3 is 0 Å². The average Bonchev–Trinajstić information content (AvgIpc) is 3.06. The molecule has 116 valence electrons. The lowest BCUT2D eigenvalue weighted by Crippen LogP contribution is -2.37. The summed E-state index contributed by atoms with van der Waals surface area (Å²) in [4.78, 5) is 13.2. The van der Waals surface area contributed by atoms with Gasteiger partial charge in [-0.25, -0.2) is 5.84 Å². The highest BCUT2D eigenvalue weighted by Crippen LogP contribution is 2.66. The third-order valence-corrected chi connectivity index (χ3v) is 7.21. The summed E-state index contributed by atoms with van der Waals surface area (Å²) in [7, 11) is 0. The van der Waals surface area contributed by atoms with Crippen LogP contribution >= 0.6 is 11.3 Å². The van der Waals surface area contributed by atoms with Gasteiger partial charge in [0.1, 0.15) is 0 Å². The van der Waals surface area contributed by atoms with Gasteiger partial charge in [-0.1, -0.05) is 20.8 Å². The molecule has 0 spiro atoms. The lowest BCUT2D eigenvalue weighted by Gasteiger charge is -2.38. The minimum absolute atomic E-state index is 0.237. The third kappa shape index (κ3) is 2.22. The van der Waals surface area contributed by atoms with Crippen molar-refractivity contribution in [3.05, 3.63) is 21.9 Å². The number of nitrogens with two attached hydrogens (primary N) is 1. The molecule has 2 bridgehead atoms. The Morgan fingerprint density at radius 1 is 1.48 bits per heavy atom. The zero-order valence-corrected chi connectivity index (χ0v) is 13.8. The summed E-state index contributed by atoms with van der Waals surface area (Å²) in [5.41, 5.74) is 2.82. The molecule has 1 aromatic heterocycles. The SMILES string of the molecule is CC1(C)C2CCC1(C)C(OCc1ccc(C(=O)NN)s1)C2. The highest BCUT2D eigenvalue weighted by atomic mass is 32.1. The molecule has 3 N–H and O–H groups in total. The highest BCUT2D eigenvalue weighted by Gasteiger charge is 2.61. The molecule has 0 aromatic carbocycles. The number of ether oxygens (including phenoxy) is 1. The van der Waals surface area contributed by atoms with Gasteiger partial charge in [-0.2, -0.15) is 0 Å². The fraction of sp³-hybridized carbons (Fsp3) is 0.688. The second-order valence-electron chi connectivity index (χ2n) is 7.15. The monoisotopic (exact) mass is 308 g/mol. The van der Waals surface area contributed by atoms with Gasteiger partial charge in [0.05, 0.1) is 17.6 Å². The van der Waals surface area contributed by atoms with Gasteiger partial charge in [0.2, 0.25) is 0 Å². The number of fused-ring (bicyclic) bond motifs is 2. The molecule has 2 aliphatic carbocycles. The van der Waals surface area contributed by atoms with E-state index in [9.17, 15) is 4.79 Å². The highest BCUT2D eigenvalue weighted by molar-refractivity contribution is 7.14. The molecule has 1 aromatic rings. The number of carbonyl (C=O) groups is 1. The van der Waals surface area contributed by atoms with E-state index in [1.165, 1.54) is 30.6 Å². The molecule has 0 radical (unpaired) electrons. The topological polar surface area (TPSA) is 64.3 Å². The number of hydrazine groups is 1. The minimum Gasteiger partial charge on any atom is -0.372 e. The quantitative estimate of drug-likeness (QED) is 0.510. The number of hydrogen-bond acceptors (Lipinski definition) is 4. The van der Waals surface area contributed by atoms with Gasteiger partial charge in [-0.05, 0) is 48.1 Å². The van der Waals surface area contributed by atoms with Crippen LogP contribution in [0.4, 0.5) is 0 Å². The summed E-state index contributed by atoms with van der Waals surface area (Å²) >= 11 is 1.45. The molecule has 5 heteroatoms. The van der Waals surface area contributed by atoms with Crippen molar-refractivity contribution >= 4 is 17.2 Å². The van der Waals surface area contributed by atoms with Crippen LogP contribution in [0.25, 0.3) is 0 Å². The molecule has 4 nitrogen and oxygen atoms in total. The van der Waals surface area contributed by atoms with Crippen LogP contribution in [0.3, 0.4) is 0 Å². The second-order valence-corrected chi connectivity index (χ2v) is 8.32. The minimum atomic E-state index is -0.237. The van der Waals surface area contributed by atoms with Crippen molar-refractivity contribution < 1.29 is 9.53 Å². The number of rotatable bonds is 4. The molecule has 0 aliphatic heterocycles. The summed E-state index contributed by atoms with van der Waals surface area (Å²) in [6, 6.07) is 3.76. The van der Waals surface area contributed by atoms with Crippen LogP contribution in [0.15, 0.2) is 12.1 Å². The Morgan fingerprint density at radius 3 is 2.81 bits per heavy atom. The van der Waals surface area contributed by atoms with Crippen molar-refractivity contribution in [3.63, 3.8) is 0 Å². The third-order valence-electron chi connectivity index (χ3n) is 6.16. The first-order valence-electron chi connectivity index (χ1n) is 7.60. The molecular weight excluding hydrogens is 284 g/mol. The van der Waals surface area contributed by atoms with E-state index in [0.717, 1.165) is 10.8 Å². The summed E-state index contributed by atoms with van der Waals surface area (Å²) in [5, 5.41) is 0. The summed E-state index contributed by atoms with van der Waals surface area (Å²) in [6.07, 6.45) is 4.11. The van der Waals surface area contributed by atoms with Crippen LogP contribution in [0.2, 0.25) is 0 Å². The molecule has 3 atom stereocenters. The van der Waals surface area contributed by atoms with Gasteiger partial charge in [0.15, 0.2) is 0 Å². The molecule has 3 unspecified atom stereocenters. The maximum Gasteiger partial charge on any atom is 0.275 e. The van der Waals surface area contributed by atoms with Gasteiger partial charge in [0.25, 0.3) is 5.91 Å². The standard InChI is InChI=1S/C16H24N2O2S/c1-15(2)10-6-7-16(15,3)13(8-10)20-9-11-4-5-12(21-11)14(19)18-17/h4-5,10,13H,6-9,17H2,1-3H3,(H,18,19). The fourth-order valence-electron chi connectivity index (χ4n) is 4.21. The van der Waals surface area contributed by atoms with E-state index in [0.29, 0.717) is 23.0 Å². The molecule has 21 heavy (non-hydrogen) atoms. The molecule has 0 saturated heterocycles. The van der Waals surface area contributed by atoms with Crippen LogP contribution in [0.5, 0.6) is 0 Å². The van der Waals surface area contributed by atoms with Gasteiger partial charge in [-0.15, -0.1) is 11.3 Å². The molecule has 1 amide bonds. The Bertz CT molecular complexity index is 554.